The lowest BCUT2D eigenvalue weighted by molar-refractivity contribution is -0.138. The van der Waals surface area contributed by atoms with Crippen molar-refractivity contribution in [3.05, 3.63) is 29.3 Å². The van der Waals surface area contributed by atoms with Crippen LogP contribution in [0.15, 0.2) is 18.2 Å². The highest BCUT2D eigenvalue weighted by Gasteiger charge is 2.50. The normalized spacial score (nSPS) is 24.8. The highest BCUT2D eigenvalue weighted by atomic mass is 19.4. The molecule has 1 aromatic carbocycles. The van der Waals surface area contributed by atoms with E-state index in [0.717, 1.165) is 38.4 Å². The molecule has 0 aromatic heterocycles. The monoisotopic (exact) mass is 461 g/mol. The molecule has 1 atom stereocenters. The van der Waals surface area contributed by atoms with Gasteiger partial charge >= 0.3 is 6.18 Å². The Bertz CT molecular complexity index is 941. The summed E-state index contributed by atoms with van der Waals surface area (Å²) >= 11 is 0. The predicted molar refractivity (Wildman–Crippen MR) is 116 cm³/mol. The molecule has 0 bridgehead atoms. The van der Waals surface area contributed by atoms with Crippen molar-refractivity contribution < 1.29 is 22.7 Å². The first-order valence-electron chi connectivity index (χ1n) is 12.0. The maximum atomic E-state index is 13.5. The molecule has 2 aliphatic heterocycles. The Kier molecular flexibility index (Phi) is 5.80. The number of nitriles is 1. The fourth-order valence-corrected chi connectivity index (χ4v) is 5.51. The molecule has 0 N–H and O–H groups in total. The number of amides is 1. The molecular weight excluding hydrogens is 431 g/mol. The number of anilines is 1. The maximum absolute atomic E-state index is 13.5. The lowest BCUT2D eigenvalue weighted by atomic mass is 9.71. The molecule has 1 spiro atoms. The standard InChI is InChI=1S/C25H30F3N3O2/c26-25(27,28)22-11-21(6-5-19(22)12-29)31-13-20(15-33-14-17-1-2-17)24(16-31)7-9-30(10-8-24)23(32)18-3-4-18/h5-6,11,17-18,20H,1-4,7-10,13-16H2. The van der Waals surface area contributed by atoms with Crippen molar-refractivity contribution in [2.75, 3.05) is 44.3 Å². The number of nitrogens with zero attached hydrogens (tertiary/aromatic N) is 3. The van der Waals surface area contributed by atoms with E-state index < -0.39 is 11.7 Å². The van der Waals surface area contributed by atoms with Crippen LogP contribution in [-0.4, -0.2) is 50.2 Å². The van der Waals surface area contributed by atoms with E-state index in [2.05, 4.69) is 0 Å². The molecule has 2 saturated heterocycles. The number of halogens is 3. The molecule has 4 aliphatic rings. The van der Waals surface area contributed by atoms with E-state index in [-0.39, 0.29) is 28.7 Å². The van der Waals surface area contributed by atoms with Crippen LogP contribution in [0, 0.1) is 34.5 Å². The summed E-state index contributed by atoms with van der Waals surface area (Å²) in [7, 11) is 0. The molecule has 1 amide bonds. The summed E-state index contributed by atoms with van der Waals surface area (Å²) in [6.07, 6.45) is 1.54. The Morgan fingerprint density at radius 2 is 1.88 bits per heavy atom. The number of likely N-dealkylation sites (tertiary alicyclic amines) is 1. The van der Waals surface area contributed by atoms with Crippen LogP contribution in [0.25, 0.3) is 0 Å². The molecule has 0 radical (unpaired) electrons. The zero-order chi connectivity index (χ0) is 23.2. The molecule has 2 aliphatic carbocycles. The first kappa shape index (κ1) is 22.5. The Hall–Kier alpha value is -2.27. The van der Waals surface area contributed by atoms with Crippen molar-refractivity contribution in [1.29, 1.82) is 5.26 Å². The number of carbonyl (C=O) groups is 1. The molecule has 1 aromatic rings. The van der Waals surface area contributed by atoms with Gasteiger partial charge in [0.05, 0.1) is 23.8 Å². The number of hydrogen-bond donors (Lipinski definition) is 0. The van der Waals surface area contributed by atoms with E-state index in [4.69, 9.17) is 10.00 Å². The first-order valence-corrected chi connectivity index (χ1v) is 12.0. The van der Waals surface area contributed by atoms with E-state index in [1.165, 1.54) is 18.9 Å². The number of rotatable bonds is 6. The van der Waals surface area contributed by atoms with Crippen LogP contribution in [0.4, 0.5) is 18.9 Å². The number of benzene rings is 1. The van der Waals surface area contributed by atoms with Crippen molar-refractivity contribution in [3.8, 4) is 6.07 Å². The van der Waals surface area contributed by atoms with Crippen LogP contribution in [0.3, 0.4) is 0 Å². The Labute approximate surface area is 192 Å². The molecule has 5 rings (SSSR count). The van der Waals surface area contributed by atoms with Crippen molar-refractivity contribution in [1.82, 2.24) is 4.90 Å². The van der Waals surface area contributed by atoms with Gasteiger partial charge in [-0.1, -0.05) is 0 Å². The molecular formula is C25H30F3N3O2. The average molecular weight is 462 g/mol. The van der Waals surface area contributed by atoms with E-state index in [1.807, 2.05) is 9.80 Å². The van der Waals surface area contributed by atoms with Gasteiger partial charge in [-0.05, 0) is 68.1 Å². The highest BCUT2D eigenvalue weighted by molar-refractivity contribution is 5.81. The summed E-state index contributed by atoms with van der Waals surface area (Å²) in [4.78, 5) is 16.5. The lowest BCUT2D eigenvalue weighted by Gasteiger charge is -2.42. The molecule has 5 nitrogen and oxygen atoms in total. The smallest absolute Gasteiger partial charge is 0.381 e. The topological polar surface area (TPSA) is 56.6 Å². The minimum Gasteiger partial charge on any atom is -0.381 e. The van der Waals surface area contributed by atoms with Gasteiger partial charge in [0.15, 0.2) is 0 Å². The van der Waals surface area contributed by atoms with Gasteiger partial charge in [-0.2, -0.15) is 18.4 Å². The molecule has 33 heavy (non-hydrogen) atoms. The second-order valence-electron chi connectivity index (χ2n) is 10.4. The quantitative estimate of drug-likeness (QED) is 0.628. The van der Waals surface area contributed by atoms with E-state index in [1.54, 1.807) is 12.1 Å². The van der Waals surface area contributed by atoms with Gasteiger partial charge in [-0.25, -0.2) is 0 Å². The second kappa shape index (κ2) is 8.50. The summed E-state index contributed by atoms with van der Waals surface area (Å²) in [6, 6.07) is 5.68. The number of ether oxygens (including phenoxy) is 1. The van der Waals surface area contributed by atoms with Gasteiger partial charge in [0, 0.05) is 50.3 Å². The number of hydrogen-bond acceptors (Lipinski definition) is 4. The number of alkyl halides is 3. The van der Waals surface area contributed by atoms with E-state index in [0.29, 0.717) is 44.4 Å². The third kappa shape index (κ3) is 4.70. The highest BCUT2D eigenvalue weighted by Crippen LogP contribution is 2.48. The summed E-state index contributed by atoms with van der Waals surface area (Å²) in [5.74, 6) is 1.34. The Morgan fingerprint density at radius 1 is 1.15 bits per heavy atom. The molecule has 1 unspecified atom stereocenters. The molecule has 178 valence electrons. The predicted octanol–water partition coefficient (Wildman–Crippen LogP) is 4.46. The largest absolute Gasteiger partial charge is 0.417 e. The van der Waals surface area contributed by atoms with Gasteiger partial charge in [-0.3, -0.25) is 4.79 Å². The Balaban J connectivity index is 1.34. The van der Waals surface area contributed by atoms with Crippen molar-refractivity contribution >= 4 is 11.6 Å². The molecule has 8 heteroatoms. The number of carbonyl (C=O) groups excluding carboxylic acids is 1. The van der Waals surface area contributed by atoms with E-state index >= 15 is 0 Å². The zero-order valence-electron chi connectivity index (χ0n) is 18.7. The Morgan fingerprint density at radius 3 is 2.48 bits per heavy atom. The lowest BCUT2D eigenvalue weighted by Crippen LogP contribution is -2.47. The minimum atomic E-state index is -4.57. The minimum absolute atomic E-state index is 0.0732. The zero-order valence-corrected chi connectivity index (χ0v) is 18.7. The van der Waals surface area contributed by atoms with Crippen molar-refractivity contribution in [3.63, 3.8) is 0 Å². The van der Waals surface area contributed by atoms with Crippen LogP contribution in [-0.2, 0) is 15.7 Å². The van der Waals surface area contributed by atoms with Gasteiger partial charge in [0.2, 0.25) is 5.91 Å². The van der Waals surface area contributed by atoms with Crippen LogP contribution in [0.5, 0.6) is 0 Å². The maximum Gasteiger partial charge on any atom is 0.417 e. The second-order valence-corrected chi connectivity index (χ2v) is 10.4. The van der Waals surface area contributed by atoms with Gasteiger partial charge < -0.3 is 14.5 Å². The van der Waals surface area contributed by atoms with Crippen LogP contribution >= 0.6 is 0 Å². The summed E-state index contributed by atoms with van der Waals surface area (Å²) in [5, 5.41) is 9.13. The van der Waals surface area contributed by atoms with E-state index in [9.17, 15) is 18.0 Å². The summed E-state index contributed by atoms with van der Waals surface area (Å²) in [5.41, 5.74) is -0.802. The fourth-order valence-electron chi connectivity index (χ4n) is 5.51. The van der Waals surface area contributed by atoms with Gasteiger partial charge in [-0.15, -0.1) is 0 Å². The fraction of sp³-hybridized carbons (Fsp3) is 0.680. The third-order valence-electron chi connectivity index (χ3n) is 7.97. The molecule has 2 heterocycles. The van der Waals surface area contributed by atoms with Crippen LogP contribution in [0.2, 0.25) is 0 Å². The SMILES string of the molecule is N#Cc1ccc(N2CC(COCC3CC3)C3(CCN(C(=O)C4CC4)CC3)C2)cc1C(F)(F)F. The number of piperidine rings is 1. The van der Waals surface area contributed by atoms with Crippen molar-refractivity contribution in [2.45, 2.75) is 44.7 Å². The first-order chi connectivity index (χ1) is 15.8. The van der Waals surface area contributed by atoms with Gasteiger partial charge in [0.1, 0.15) is 0 Å². The van der Waals surface area contributed by atoms with Gasteiger partial charge in [0.25, 0.3) is 0 Å². The third-order valence-corrected chi connectivity index (χ3v) is 7.97. The molecule has 4 fully saturated rings. The average Bonchev–Trinajstić information content (AvgIpc) is 3.72. The summed E-state index contributed by atoms with van der Waals surface area (Å²) < 4.78 is 46.7. The van der Waals surface area contributed by atoms with Crippen molar-refractivity contribution in [2.24, 2.45) is 23.2 Å². The molecule has 2 saturated carbocycles. The summed E-state index contributed by atoms with van der Waals surface area (Å²) in [6.45, 7) is 4.07. The van der Waals surface area contributed by atoms with Crippen LogP contribution < -0.4 is 4.90 Å². The van der Waals surface area contributed by atoms with Crippen LogP contribution in [0.1, 0.15) is 49.7 Å².